The Morgan fingerprint density at radius 2 is 1.84 bits per heavy atom. The van der Waals surface area contributed by atoms with E-state index in [0.717, 1.165) is 55.7 Å². The second-order valence-electron chi connectivity index (χ2n) is 8.52. The Bertz CT molecular complexity index is 933. The fourth-order valence-electron chi connectivity index (χ4n) is 4.53. The molecule has 0 heterocycles. The van der Waals surface area contributed by atoms with Gasteiger partial charge in [-0.3, -0.25) is 4.79 Å². The van der Waals surface area contributed by atoms with Crippen LogP contribution in [0.3, 0.4) is 0 Å². The number of rotatable bonds is 7. The fourth-order valence-corrected chi connectivity index (χ4v) is 4.72. The van der Waals surface area contributed by atoms with Crippen LogP contribution in [0.1, 0.15) is 77.2 Å². The van der Waals surface area contributed by atoms with Crippen LogP contribution >= 0.6 is 11.6 Å². The van der Waals surface area contributed by atoms with E-state index >= 15 is 0 Å². The zero-order chi connectivity index (χ0) is 22.6. The van der Waals surface area contributed by atoms with Gasteiger partial charge in [-0.05, 0) is 72.2 Å². The summed E-state index contributed by atoms with van der Waals surface area (Å²) in [6, 6.07) is 8.12. The summed E-state index contributed by atoms with van der Waals surface area (Å²) in [4.78, 5) is 12.7. The van der Waals surface area contributed by atoms with E-state index in [9.17, 15) is 18.0 Å². The standard InChI is InChI=1S/C25H29ClF3NO/c1-3-6-18-9-10-21(26)13-20(18)15-30-24(31)19-11-16(2)22(12-17-7-4-5-8-17)23(14-19)25(27,28)29/h9-11,13-14,17H,3-8,12,15H2,1-2H3,(H,30,31). The lowest BCUT2D eigenvalue weighted by molar-refractivity contribution is -0.138. The van der Waals surface area contributed by atoms with Crippen LogP contribution in [0.15, 0.2) is 30.3 Å². The highest BCUT2D eigenvalue weighted by Crippen LogP contribution is 2.38. The zero-order valence-corrected chi connectivity index (χ0v) is 18.8. The summed E-state index contributed by atoms with van der Waals surface area (Å²) in [7, 11) is 0. The van der Waals surface area contributed by atoms with Crippen molar-refractivity contribution in [3.05, 3.63) is 68.7 Å². The van der Waals surface area contributed by atoms with Crippen molar-refractivity contribution in [2.24, 2.45) is 5.92 Å². The predicted octanol–water partition coefficient (Wildman–Crippen LogP) is 7.28. The number of halogens is 4. The Hall–Kier alpha value is -2.01. The molecule has 0 bridgehead atoms. The van der Waals surface area contributed by atoms with E-state index in [0.29, 0.717) is 28.5 Å². The third kappa shape index (κ3) is 6.03. The molecule has 0 aliphatic heterocycles. The highest BCUT2D eigenvalue weighted by molar-refractivity contribution is 6.30. The van der Waals surface area contributed by atoms with Gasteiger partial charge in [0.25, 0.3) is 5.91 Å². The number of nitrogens with one attached hydrogen (secondary N) is 1. The second-order valence-corrected chi connectivity index (χ2v) is 8.95. The minimum atomic E-state index is -4.49. The molecule has 0 unspecified atom stereocenters. The van der Waals surface area contributed by atoms with Crippen LogP contribution in [-0.2, 0) is 25.6 Å². The Balaban J connectivity index is 1.83. The molecule has 0 radical (unpaired) electrons. The molecule has 168 valence electrons. The third-order valence-corrected chi connectivity index (χ3v) is 6.37. The van der Waals surface area contributed by atoms with Crippen LogP contribution in [0.5, 0.6) is 0 Å². The van der Waals surface area contributed by atoms with E-state index in [1.54, 1.807) is 25.1 Å². The molecule has 31 heavy (non-hydrogen) atoms. The van der Waals surface area contributed by atoms with Gasteiger partial charge in [0.05, 0.1) is 5.56 Å². The third-order valence-electron chi connectivity index (χ3n) is 6.14. The number of alkyl halides is 3. The molecule has 2 nitrogen and oxygen atoms in total. The van der Waals surface area contributed by atoms with E-state index in [1.165, 1.54) is 0 Å². The Morgan fingerprint density at radius 3 is 2.48 bits per heavy atom. The van der Waals surface area contributed by atoms with Gasteiger partial charge in [0.1, 0.15) is 0 Å². The van der Waals surface area contributed by atoms with Crippen molar-refractivity contribution in [2.75, 3.05) is 0 Å². The molecular weight excluding hydrogens is 423 g/mol. The molecule has 1 amide bonds. The minimum absolute atomic E-state index is 0.0408. The van der Waals surface area contributed by atoms with Crippen molar-refractivity contribution in [2.45, 2.75) is 71.5 Å². The molecule has 1 aliphatic rings. The van der Waals surface area contributed by atoms with Crippen molar-refractivity contribution in [1.82, 2.24) is 5.32 Å². The van der Waals surface area contributed by atoms with Gasteiger partial charge in [0.15, 0.2) is 0 Å². The first-order valence-electron chi connectivity index (χ1n) is 10.9. The predicted molar refractivity (Wildman–Crippen MR) is 118 cm³/mol. The van der Waals surface area contributed by atoms with Gasteiger partial charge in [0.2, 0.25) is 0 Å². The van der Waals surface area contributed by atoms with E-state index in [1.807, 2.05) is 6.07 Å². The largest absolute Gasteiger partial charge is 0.416 e. The molecule has 0 saturated heterocycles. The van der Waals surface area contributed by atoms with E-state index in [2.05, 4.69) is 12.2 Å². The maximum atomic E-state index is 13.8. The smallest absolute Gasteiger partial charge is 0.348 e. The first-order valence-corrected chi connectivity index (χ1v) is 11.3. The van der Waals surface area contributed by atoms with Gasteiger partial charge in [-0.25, -0.2) is 0 Å². The maximum absolute atomic E-state index is 13.8. The van der Waals surface area contributed by atoms with Crippen LogP contribution in [-0.4, -0.2) is 5.91 Å². The average Bonchev–Trinajstić information content (AvgIpc) is 3.21. The van der Waals surface area contributed by atoms with Gasteiger partial charge < -0.3 is 5.32 Å². The lowest BCUT2D eigenvalue weighted by Gasteiger charge is -2.20. The Morgan fingerprint density at radius 1 is 1.13 bits per heavy atom. The lowest BCUT2D eigenvalue weighted by atomic mass is 9.89. The van der Waals surface area contributed by atoms with Crippen LogP contribution in [0.2, 0.25) is 5.02 Å². The summed E-state index contributed by atoms with van der Waals surface area (Å²) >= 11 is 6.09. The summed E-state index contributed by atoms with van der Waals surface area (Å²) in [5.41, 5.74) is 2.18. The van der Waals surface area contributed by atoms with Crippen molar-refractivity contribution in [1.29, 1.82) is 0 Å². The average molecular weight is 452 g/mol. The molecule has 1 fully saturated rings. The van der Waals surface area contributed by atoms with Crippen molar-refractivity contribution in [3.63, 3.8) is 0 Å². The van der Waals surface area contributed by atoms with Crippen LogP contribution in [0.4, 0.5) is 13.2 Å². The highest BCUT2D eigenvalue weighted by Gasteiger charge is 2.35. The highest BCUT2D eigenvalue weighted by atomic mass is 35.5. The summed E-state index contributed by atoms with van der Waals surface area (Å²) in [5.74, 6) is -0.220. The topological polar surface area (TPSA) is 29.1 Å². The van der Waals surface area contributed by atoms with Crippen molar-refractivity contribution < 1.29 is 18.0 Å². The molecule has 0 spiro atoms. The number of amides is 1. The van der Waals surface area contributed by atoms with Gasteiger partial charge >= 0.3 is 6.18 Å². The molecule has 6 heteroatoms. The molecule has 1 N–H and O–H groups in total. The number of aryl methyl sites for hydroxylation is 2. The molecule has 2 aromatic carbocycles. The first kappa shape index (κ1) is 23.6. The Labute approximate surface area is 187 Å². The number of benzene rings is 2. The minimum Gasteiger partial charge on any atom is -0.348 e. The molecule has 2 aromatic rings. The summed E-state index contributed by atoms with van der Waals surface area (Å²) in [6.45, 7) is 3.96. The molecule has 0 atom stereocenters. The van der Waals surface area contributed by atoms with E-state index in [-0.39, 0.29) is 12.1 Å². The summed E-state index contributed by atoms with van der Waals surface area (Å²) in [6.07, 6.45) is 1.82. The zero-order valence-electron chi connectivity index (χ0n) is 18.0. The first-order chi connectivity index (χ1) is 14.7. The normalized spacial score (nSPS) is 14.8. The van der Waals surface area contributed by atoms with Crippen LogP contribution in [0, 0.1) is 12.8 Å². The van der Waals surface area contributed by atoms with Crippen LogP contribution in [0.25, 0.3) is 0 Å². The van der Waals surface area contributed by atoms with Gasteiger partial charge in [-0.2, -0.15) is 13.2 Å². The molecule has 1 aliphatic carbocycles. The van der Waals surface area contributed by atoms with Gasteiger partial charge in [-0.1, -0.05) is 56.7 Å². The van der Waals surface area contributed by atoms with Crippen LogP contribution < -0.4 is 5.32 Å². The van der Waals surface area contributed by atoms with Gasteiger partial charge in [-0.15, -0.1) is 0 Å². The molecular formula is C25H29ClF3NO. The maximum Gasteiger partial charge on any atom is 0.416 e. The quantitative estimate of drug-likeness (QED) is 0.470. The fraction of sp³-hybridized carbons (Fsp3) is 0.480. The monoisotopic (exact) mass is 451 g/mol. The lowest BCUT2D eigenvalue weighted by Crippen LogP contribution is -2.25. The van der Waals surface area contributed by atoms with E-state index in [4.69, 9.17) is 11.6 Å². The molecule has 3 rings (SSSR count). The number of hydrogen-bond donors (Lipinski definition) is 1. The van der Waals surface area contributed by atoms with Gasteiger partial charge in [0, 0.05) is 17.1 Å². The number of carbonyl (C=O) groups excluding carboxylic acids is 1. The number of hydrogen-bond acceptors (Lipinski definition) is 1. The van der Waals surface area contributed by atoms with Crippen molar-refractivity contribution in [3.8, 4) is 0 Å². The Kier molecular flexibility index (Phi) is 7.68. The second kappa shape index (κ2) is 10.1. The van der Waals surface area contributed by atoms with E-state index < -0.39 is 17.6 Å². The molecule has 1 saturated carbocycles. The molecule has 0 aromatic heterocycles. The number of carbonyl (C=O) groups is 1. The summed E-state index contributed by atoms with van der Waals surface area (Å²) in [5, 5.41) is 3.34. The van der Waals surface area contributed by atoms with Crippen molar-refractivity contribution >= 4 is 17.5 Å². The SMILES string of the molecule is CCCc1ccc(Cl)cc1CNC(=O)c1cc(C)c(CC2CCCC2)c(C(F)(F)F)c1. The summed E-state index contributed by atoms with van der Waals surface area (Å²) < 4.78 is 41.5.